The normalized spacial score (nSPS) is 18.9. The third-order valence-electron chi connectivity index (χ3n) is 6.82. The highest BCUT2D eigenvalue weighted by Gasteiger charge is 2.49. The number of carbonyl (C=O) groups is 1. The Morgan fingerprint density at radius 1 is 1.10 bits per heavy atom. The van der Waals surface area contributed by atoms with E-state index in [4.69, 9.17) is 5.73 Å². The zero-order chi connectivity index (χ0) is 21.7. The number of nitrogens with two attached hydrogens (primary N) is 1. The van der Waals surface area contributed by atoms with E-state index in [1.165, 1.54) is 0 Å². The molecule has 4 rings (SSSR count). The third kappa shape index (κ3) is 4.28. The first-order valence-electron chi connectivity index (χ1n) is 11.2. The van der Waals surface area contributed by atoms with Crippen LogP contribution in [-0.4, -0.2) is 28.0 Å². The predicted molar refractivity (Wildman–Crippen MR) is 124 cm³/mol. The standard InChI is InChI=1S/C26H32N4O/c1-20-28-16-18-30(20)17-8-15-29-24-14-13-23(19-24)26(25(27)31,21-9-4-2-5-10-21)22-11-6-3-7-12-22/h2-7,9-12,16,18,23-24,29H,8,13-15,17,19H2,1H3,(H2,27,31). The summed E-state index contributed by atoms with van der Waals surface area (Å²) in [5.41, 5.74) is 7.37. The molecule has 0 aliphatic heterocycles. The summed E-state index contributed by atoms with van der Waals surface area (Å²) in [6.07, 6.45) is 7.91. The first-order chi connectivity index (χ1) is 15.1. The molecule has 1 fully saturated rings. The van der Waals surface area contributed by atoms with Gasteiger partial charge >= 0.3 is 0 Å². The molecular formula is C26H32N4O. The maximum Gasteiger partial charge on any atom is 0.232 e. The Bertz CT molecular complexity index is 943. The summed E-state index contributed by atoms with van der Waals surface area (Å²) in [5.74, 6) is 0.965. The Kier molecular flexibility index (Phi) is 6.52. The Labute approximate surface area is 184 Å². The zero-order valence-corrected chi connectivity index (χ0v) is 18.2. The fraction of sp³-hybridized carbons (Fsp3) is 0.385. The summed E-state index contributed by atoms with van der Waals surface area (Å²) in [5, 5.41) is 3.72. The van der Waals surface area contributed by atoms with E-state index < -0.39 is 5.41 Å². The number of carbonyl (C=O) groups excluding carboxylic acids is 1. The number of aromatic nitrogens is 2. The molecular weight excluding hydrogens is 384 g/mol. The number of amides is 1. The smallest absolute Gasteiger partial charge is 0.232 e. The molecule has 2 aromatic carbocycles. The quantitative estimate of drug-likeness (QED) is 0.521. The van der Waals surface area contributed by atoms with Crippen LogP contribution in [0.4, 0.5) is 0 Å². The minimum Gasteiger partial charge on any atom is -0.369 e. The van der Waals surface area contributed by atoms with Gasteiger partial charge in [0.25, 0.3) is 0 Å². The summed E-state index contributed by atoms with van der Waals surface area (Å²) >= 11 is 0. The van der Waals surface area contributed by atoms with Crippen molar-refractivity contribution in [2.45, 2.75) is 50.6 Å². The summed E-state index contributed by atoms with van der Waals surface area (Å²) in [7, 11) is 0. The molecule has 2 atom stereocenters. The number of nitrogens with one attached hydrogen (secondary N) is 1. The molecule has 5 heteroatoms. The van der Waals surface area contributed by atoms with E-state index in [0.29, 0.717) is 6.04 Å². The second-order valence-corrected chi connectivity index (χ2v) is 8.59. The van der Waals surface area contributed by atoms with Crippen molar-refractivity contribution in [3.05, 3.63) is 90.0 Å². The fourth-order valence-electron chi connectivity index (χ4n) is 5.28. The Balaban J connectivity index is 1.49. The van der Waals surface area contributed by atoms with E-state index in [1.54, 1.807) is 0 Å². The first kappa shape index (κ1) is 21.3. The fourth-order valence-corrected chi connectivity index (χ4v) is 5.28. The van der Waals surface area contributed by atoms with Gasteiger partial charge in [0.15, 0.2) is 0 Å². The van der Waals surface area contributed by atoms with E-state index >= 15 is 0 Å². The van der Waals surface area contributed by atoms with Gasteiger partial charge in [0.05, 0.1) is 0 Å². The molecule has 1 amide bonds. The summed E-state index contributed by atoms with van der Waals surface area (Å²) in [4.78, 5) is 17.4. The maximum atomic E-state index is 13.1. The van der Waals surface area contributed by atoms with Crippen LogP contribution in [0.5, 0.6) is 0 Å². The van der Waals surface area contributed by atoms with Gasteiger partial charge in [-0.2, -0.15) is 0 Å². The van der Waals surface area contributed by atoms with Gasteiger partial charge in [-0.3, -0.25) is 4.79 Å². The molecule has 1 saturated carbocycles. The number of hydrogen-bond donors (Lipinski definition) is 2. The van der Waals surface area contributed by atoms with Crippen molar-refractivity contribution < 1.29 is 4.79 Å². The number of aryl methyl sites for hydroxylation is 2. The van der Waals surface area contributed by atoms with Crippen LogP contribution in [0.25, 0.3) is 0 Å². The number of benzene rings is 2. The van der Waals surface area contributed by atoms with Gasteiger partial charge in [-0.25, -0.2) is 4.98 Å². The third-order valence-corrected chi connectivity index (χ3v) is 6.82. The van der Waals surface area contributed by atoms with Crippen molar-refractivity contribution in [3.63, 3.8) is 0 Å². The zero-order valence-electron chi connectivity index (χ0n) is 18.2. The minimum absolute atomic E-state index is 0.170. The Morgan fingerprint density at radius 2 is 1.74 bits per heavy atom. The van der Waals surface area contributed by atoms with Gasteiger partial charge < -0.3 is 15.6 Å². The van der Waals surface area contributed by atoms with Crippen LogP contribution in [0.2, 0.25) is 0 Å². The molecule has 0 spiro atoms. The molecule has 162 valence electrons. The van der Waals surface area contributed by atoms with Crippen molar-refractivity contribution in [3.8, 4) is 0 Å². The highest BCUT2D eigenvalue weighted by Crippen LogP contribution is 2.46. The molecule has 5 nitrogen and oxygen atoms in total. The van der Waals surface area contributed by atoms with E-state index in [-0.39, 0.29) is 11.8 Å². The van der Waals surface area contributed by atoms with Gasteiger partial charge in [-0.15, -0.1) is 0 Å². The number of hydrogen-bond acceptors (Lipinski definition) is 3. The van der Waals surface area contributed by atoms with Crippen molar-refractivity contribution >= 4 is 5.91 Å². The summed E-state index contributed by atoms with van der Waals surface area (Å²) in [6, 6.07) is 20.6. The van der Waals surface area contributed by atoms with E-state index in [2.05, 4.69) is 14.9 Å². The molecule has 1 aromatic heterocycles. The monoisotopic (exact) mass is 416 g/mol. The lowest BCUT2D eigenvalue weighted by Crippen LogP contribution is -2.48. The maximum absolute atomic E-state index is 13.1. The van der Waals surface area contributed by atoms with Crippen LogP contribution in [0.1, 0.15) is 42.6 Å². The topological polar surface area (TPSA) is 72.9 Å². The lowest BCUT2D eigenvalue weighted by atomic mass is 9.64. The van der Waals surface area contributed by atoms with E-state index in [0.717, 1.165) is 55.7 Å². The minimum atomic E-state index is -0.799. The van der Waals surface area contributed by atoms with Crippen LogP contribution >= 0.6 is 0 Å². The number of rotatable bonds is 9. The average Bonchev–Trinajstić information content (AvgIpc) is 3.42. The van der Waals surface area contributed by atoms with Crippen molar-refractivity contribution in [2.24, 2.45) is 11.7 Å². The highest BCUT2D eigenvalue weighted by molar-refractivity contribution is 5.91. The van der Waals surface area contributed by atoms with E-state index in [1.807, 2.05) is 80.0 Å². The van der Waals surface area contributed by atoms with Crippen molar-refractivity contribution in [2.75, 3.05) is 6.54 Å². The molecule has 31 heavy (non-hydrogen) atoms. The highest BCUT2D eigenvalue weighted by atomic mass is 16.1. The van der Waals surface area contributed by atoms with Crippen LogP contribution < -0.4 is 11.1 Å². The number of primary amides is 1. The van der Waals surface area contributed by atoms with Crippen molar-refractivity contribution in [1.82, 2.24) is 14.9 Å². The van der Waals surface area contributed by atoms with E-state index in [9.17, 15) is 4.79 Å². The lowest BCUT2D eigenvalue weighted by molar-refractivity contribution is -0.123. The van der Waals surface area contributed by atoms with Crippen LogP contribution in [-0.2, 0) is 16.8 Å². The van der Waals surface area contributed by atoms with Gasteiger partial charge in [-0.1, -0.05) is 60.7 Å². The van der Waals surface area contributed by atoms with Crippen LogP contribution in [0.3, 0.4) is 0 Å². The lowest BCUT2D eigenvalue weighted by Gasteiger charge is -2.37. The number of imidazole rings is 1. The van der Waals surface area contributed by atoms with Crippen LogP contribution in [0.15, 0.2) is 73.1 Å². The second-order valence-electron chi connectivity index (χ2n) is 8.59. The Hall–Kier alpha value is -2.92. The molecule has 0 bridgehead atoms. The molecule has 0 saturated heterocycles. The van der Waals surface area contributed by atoms with Gasteiger partial charge in [0.1, 0.15) is 11.2 Å². The Morgan fingerprint density at radius 3 is 2.29 bits per heavy atom. The summed E-state index contributed by atoms with van der Waals surface area (Å²) in [6.45, 7) is 3.95. The second kappa shape index (κ2) is 9.48. The van der Waals surface area contributed by atoms with Gasteiger partial charge in [-0.05, 0) is 56.2 Å². The molecule has 1 aliphatic rings. The summed E-state index contributed by atoms with van der Waals surface area (Å²) < 4.78 is 2.18. The van der Waals surface area contributed by atoms with Crippen molar-refractivity contribution in [1.29, 1.82) is 0 Å². The predicted octanol–water partition coefficient (Wildman–Crippen LogP) is 3.81. The first-order valence-corrected chi connectivity index (χ1v) is 11.2. The molecule has 0 radical (unpaired) electrons. The SMILES string of the molecule is Cc1nccn1CCCNC1CCC(C(C(N)=O)(c2ccccc2)c2ccccc2)C1. The van der Waals surface area contributed by atoms with Gasteiger partial charge in [0.2, 0.25) is 5.91 Å². The molecule has 3 N–H and O–H groups in total. The largest absolute Gasteiger partial charge is 0.369 e. The average molecular weight is 417 g/mol. The molecule has 1 heterocycles. The molecule has 3 aromatic rings. The number of nitrogens with zero attached hydrogens (tertiary/aromatic N) is 2. The van der Waals surface area contributed by atoms with Crippen LogP contribution in [0, 0.1) is 12.8 Å². The molecule has 2 unspecified atom stereocenters. The van der Waals surface area contributed by atoms with Gasteiger partial charge in [0, 0.05) is 25.0 Å². The molecule has 1 aliphatic carbocycles.